The van der Waals surface area contributed by atoms with Crippen LogP contribution >= 0.6 is 0 Å². The van der Waals surface area contributed by atoms with Crippen LogP contribution in [0.2, 0.25) is 0 Å². The SMILES string of the molecule is COCCC(=O)NC(Cc1cccc(C(=O)O)c1OC)B1OC2CC3CC(C3(C)C)C2(C)O1. The van der Waals surface area contributed by atoms with Crippen LogP contribution in [0, 0.1) is 17.3 Å². The molecule has 0 aromatic heterocycles. The lowest BCUT2D eigenvalue weighted by Crippen LogP contribution is -2.65. The fraction of sp³-hybridized carbons (Fsp3) is 0.667. The van der Waals surface area contributed by atoms with Gasteiger partial charge in [0.2, 0.25) is 5.91 Å². The highest BCUT2D eigenvalue weighted by Gasteiger charge is 2.68. The number of para-hydroxylation sites is 1. The summed E-state index contributed by atoms with van der Waals surface area (Å²) in [6.07, 6.45) is 2.58. The van der Waals surface area contributed by atoms with Crippen LogP contribution in [0.15, 0.2) is 18.2 Å². The summed E-state index contributed by atoms with van der Waals surface area (Å²) in [7, 11) is 2.36. The Hall–Kier alpha value is -2.10. The van der Waals surface area contributed by atoms with Gasteiger partial charge >= 0.3 is 13.1 Å². The molecular weight excluding hydrogens is 425 g/mol. The number of carbonyl (C=O) groups is 2. The number of benzene rings is 1. The van der Waals surface area contributed by atoms with Gasteiger partial charge < -0.3 is 29.2 Å². The van der Waals surface area contributed by atoms with E-state index in [2.05, 4.69) is 26.1 Å². The summed E-state index contributed by atoms with van der Waals surface area (Å²) >= 11 is 0. The summed E-state index contributed by atoms with van der Waals surface area (Å²) in [5, 5.41) is 12.6. The van der Waals surface area contributed by atoms with E-state index in [0.717, 1.165) is 12.8 Å². The third kappa shape index (κ3) is 4.15. The number of amides is 1. The lowest BCUT2D eigenvalue weighted by Gasteiger charge is -2.64. The molecule has 33 heavy (non-hydrogen) atoms. The van der Waals surface area contributed by atoms with Gasteiger partial charge in [-0.05, 0) is 55.1 Å². The first-order chi connectivity index (χ1) is 15.6. The predicted octanol–water partition coefficient (Wildman–Crippen LogP) is 2.72. The van der Waals surface area contributed by atoms with E-state index < -0.39 is 24.6 Å². The van der Waals surface area contributed by atoms with Gasteiger partial charge in [0, 0.05) is 13.5 Å². The normalized spacial score (nSPS) is 30.2. The summed E-state index contributed by atoms with van der Waals surface area (Å²) in [4.78, 5) is 24.3. The van der Waals surface area contributed by atoms with Gasteiger partial charge in [0.25, 0.3) is 0 Å². The number of carboxylic acid groups (broad SMARTS) is 1. The molecule has 0 radical (unpaired) electrons. The molecule has 2 N–H and O–H groups in total. The number of carboxylic acids is 1. The van der Waals surface area contributed by atoms with Crippen molar-refractivity contribution in [2.24, 2.45) is 17.3 Å². The zero-order valence-electron chi connectivity index (χ0n) is 20.1. The summed E-state index contributed by atoms with van der Waals surface area (Å²) < 4.78 is 23.5. The maximum Gasteiger partial charge on any atom is 0.482 e. The monoisotopic (exact) mass is 459 g/mol. The zero-order valence-corrected chi connectivity index (χ0v) is 20.1. The molecule has 0 spiro atoms. The fourth-order valence-electron chi connectivity index (χ4n) is 6.15. The van der Waals surface area contributed by atoms with Crippen LogP contribution in [0.5, 0.6) is 5.75 Å². The van der Waals surface area contributed by atoms with Crippen molar-refractivity contribution in [2.75, 3.05) is 20.8 Å². The van der Waals surface area contributed by atoms with Crippen molar-refractivity contribution in [3.63, 3.8) is 0 Å². The summed E-state index contributed by atoms with van der Waals surface area (Å²) in [6, 6.07) is 4.99. The number of rotatable bonds is 9. The van der Waals surface area contributed by atoms with Gasteiger partial charge in [-0.15, -0.1) is 0 Å². The predicted molar refractivity (Wildman–Crippen MR) is 122 cm³/mol. The van der Waals surface area contributed by atoms with E-state index in [4.69, 9.17) is 18.8 Å². The van der Waals surface area contributed by atoms with Gasteiger partial charge in [0.15, 0.2) is 0 Å². The second-order valence-corrected chi connectivity index (χ2v) is 10.3. The molecule has 1 saturated heterocycles. The van der Waals surface area contributed by atoms with E-state index in [9.17, 15) is 14.7 Å². The first-order valence-corrected chi connectivity index (χ1v) is 11.6. The maximum absolute atomic E-state index is 12.6. The van der Waals surface area contributed by atoms with Gasteiger partial charge in [0.1, 0.15) is 11.3 Å². The number of hydrogen-bond acceptors (Lipinski definition) is 6. The molecule has 2 bridgehead atoms. The number of ether oxygens (including phenoxy) is 2. The molecule has 1 aromatic rings. The molecule has 5 atom stereocenters. The van der Waals surface area contributed by atoms with Crippen molar-refractivity contribution < 1.29 is 33.5 Å². The average Bonchev–Trinajstić information content (AvgIpc) is 3.13. The summed E-state index contributed by atoms with van der Waals surface area (Å²) in [6.45, 7) is 7.04. The Labute approximate surface area is 195 Å². The topological polar surface area (TPSA) is 103 Å². The number of nitrogens with one attached hydrogen (secondary N) is 1. The number of carbonyl (C=O) groups excluding carboxylic acids is 1. The molecule has 3 aliphatic carbocycles. The smallest absolute Gasteiger partial charge is 0.482 e. The van der Waals surface area contributed by atoms with E-state index in [0.29, 0.717) is 30.4 Å². The van der Waals surface area contributed by atoms with Crippen LogP contribution in [-0.4, -0.2) is 62.6 Å². The van der Waals surface area contributed by atoms with Crippen LogP contribution in [0.3, 0.4) is 0 Å². The van der Waals surface area contributed by atoms with E-state index >= 15 is 0 Å². The van der Waals surface area contributed by atoms with Crippen molar-refractivity contribution in [1.82, 2.24) is 5.32 Å². The minimum atomic E-state index is -1.07. The molecule has 9 heteroatoms. The molecule has 5 unspecified atom stereocenters. The van der Waals surface area contributed by atoms with Gasteiger partial charge in [-0.25, -0.2) is 4.79 Å². The molecule has 1 aliphatic heterocycles. The first kappa shape index (κ1) is 24.0. The van der Waals surface area contributed by atoms with Crippen molar-refractivity contribution in [3.8, 4) is 5.75 Å². The molecule has 5 rings (SSSR count). The summed E-state index contributed by atoms with van der Waals surface area (Å²) in [5.41, 5.74) is 0.549. The lowest BCUT2D eigenvalue weighted by atomic mass is 9.43. The second kappa shape index (κ2) is 8.93. The molecule has 8 nitrogen and oxygen atoms in total. The molecule has 180 valence electrons. The minimum absolute atomic E-state index is 0.0232. The van der Waals surface area contributed by atoms with Crippen molar-refractivity contribution >= 4 is 19.0 Å². The molecule has 1 aromatic carbocycles. The first-order valence-electron chi connectivity index (χ1n) is 11.6. The molecule has 4 fully saturated rings. The largest absolute Gasteiger partial charge is 0.496 e. The zero-order chi connectivity index (χ0) is 24.0. The Morgan fingerprint density at radius 3 is 2.67 bits per heavy atom. The summed E-state index contributed by atoms with van der Waals surface area (Å²) in [5.74, 6) is -0.449. The standard InChI is InChI=1S/C24H34BNO7/c1-23(2)15-12-17(23)24(3)18(13-15)32-25(33-24)19(26-20(27)9-10-30-4)11-14-7-6-8-16(22(28)29)21(14)31-5/h6-8,15,17-19H,9-13H2,1-5H3,(H,26,27)(H,28,29). The van der Waals surface area contributed by atoms with Crippen molar-refractivity contribution in [2.45, 2.75) is 64.1 Å². The van der Waals surface area contributed by atoms with Crippen LogP contribution in [0.4, 0.5) is 0 Å². The molecular formula is C24H34BNO7. The fourth-order valence-corrected chi connectivity index (χ4v) is 6.15. The Morgan fingerprint density at radius 2 is 2.03 bits per heavy atom. The van der Waals surface area contributed by atoms with Gasteiger partial charge in [-0.2, -0.15) is 0 Å². The van der Waals surface area contributed by atoms with E-state index in [1.165, 1.54) is 13.2 Å². The maximum atomic E-state index is 12.6. The second-order valence-electron chi connectivity index (χ2n) is 10.3. The number of methoxy groups -OCH3 is 2. The van der Waals surface area contributed by atoms with Gasteiger partial charge in [0.05, 0.1) is 31.4 Å². The number of hydrogen-bond donors (Lipinski definition) is 2. The van der Waals surface area contributed by atoms with Crippen LogP contribution in [-0.2, 0) is 25.3 Å². The minimum Gasteiger partial charge on any atom is -0.496 e. The molecule has 1 amide bonds. The third-order valence-corrected chi connectivity index (χ3v) is 8.15. The highest BCUT2D eigenvalue weighted by atomic mass is 16.7. The van der Waals surface area contributed by atoms with Crippen molar-refractivity contribution in [1.29, 1.82) is 0 Å². The van der Waals surface area contributed by atoms with Crippen LogP contribution in [0.25, 0.3) is 0 Å². The van der Waals surface area contributed by atoms with Gasteiger partial charge in [-0.3, -0.25) is 4.79 Å². The molecule has 4 aliphatic rings. The highest BCUT2D eigenvalue weighted by molar-refractivity contribution is 6.48. The van der Waals surface area contributed by atoms with Crippen molar-refractivity contribution in [3.05, 3.63) is 29.3 Å². The molecule has 3 saturated carbocycles. The average molecular weight is 459 g/mol. The quantitative estimate of drug-likeness (QED) is 0.548. The van der Waals surface area contributed by atoms with Crippen LogP contribution in [0.1, 0.15) is 56.0 Å². The third-order valence-electron chi connectivity index (χ3n) is 8.15. The Bertz CT molecular complexity index is 922. The Balaban J connectivity index is 1.60. The Morgan fingerprint density at radius 1 is 1.27 bits per heavy atom. The van der Waals surface area contributed by atoms with E-state index in [1.807, 2.05) is 6.07 Å². The van der Waals surface area contributed by atoms with Crippen LogP contribution < -0.4 is 10.1 Å². The van der Waals surface area contributed by atoms with Gasteiger partial charge in [-0.1, -0.05) is 26.0 Å². The van der Waals surface area contributed by atoms with E-state index in [-0.39, 0.29) is 35.2 Å². The van der Waals surface area contributed by atoms with E-state index in [1.54, 1.807) is 13.2 Å². The highest BCUT2D eigenvalue weighted by Crippen LogP contribution is 2.65. The number of aromatic carboxylic acids is 1. The Kier molecular flexibility index (Phi) is 6.50. The molecule has 1 heterocycles. The lowest BCUT2D eigenvalue weighted by molar-refractivity contribution is -0.199.